The molecule has 4 nitrogen and oxygen atoms in total. The van der Waals surface area contributed by atoms with Crippen LogP contribution in [0.2, 0.25) is 0 Å². The summed E-state index contributed by atoms with van der Waals surface area (Å²) < 4.78 is 6.45. The highest BCUT2D eigenvalue weighted by atomic mass is 16.5. The van der Waals surface area contributed by atoms with Gasteiger partial charge in [0.25, 0.3) is 0 Å². The maximum absolute atomic E-state index is 13.3. The summed E-state index contributed by atoms with van der Waals surface area (Å²) in [7, 11) is 0. The number of rotatable bonds is 7. The second-order valence-corrected chi connectivity index (χ2v) is 14.4. The van der Waals surface area contributed by atoms with Gasteiger partial charge in [0.1, 0.15) is 11.9 Å². The van der Waals surface area contributed by atoms with E-state index in [1.165, 1.54) is 25.7 Å². The second kappa shape index (κ2) is 10.7. The summed E-state index contributed by atoms with van der Waals surface area (Å²) >= 11 is 0. The molecule has 210 valence electrons. The molecule has 0 aliphatic heterocycles. The van der Waals surface area contributed by atoms with Gasteiger partial charge in [0.2, 0.25) is 0 Å². The Morgan fingerprint density at radius 1 is 1.00 bits per heavy atom. The van der Waals surface area contributed by atoms with E-state index in [-0.39, 0.29) is 29.0 Å². The first-order valence-electron chi connectivity index (χ1n) is 15.5. The summed E-state index contributed by atoms with van der Waals surface area (Å²) in [6, 6.07) is 9.42. The average molecular weight is 523 g/mol. The van der Waals surface area contributed by atoms with Gasteiger partial charge in [0, 0.05) is 18.8 Å². The number of aliphatic hydroxyl groups is 1. The van der Waals surface area contributed by atoms with Crippen LogP contribution < -0.4 is 0 Å². The van der Waals surface area contributed by atoms with Crippen molar-refractivity contribution in [3.05, 3.63) is 35.9 Å². The van der Waals surface area contributed by atoms with Crippen LogP contribution in [0.3, 0.4) is 0 Å². The number of Topliss-reactive ketones (excluding diaryl/α,β-unsaturated/α-hetero) is 1. The fourth-order valence-electron chi connectivity index (χ4n) is 9.83. The van der Waals surface area contributed by atoms with Crippen LogP contribution in [0.1, 0.15) is 109 Å². The van der Waals surface area contributed by atoms with Gasteiger partial charge >= 0.3 is 5.97 Å². The molecule has 10 atom stereocenters. The van der Waals surface area contributed by atoms with Gasteiger partial charge < -0.3 is 9.84 Å². The third-order valence-electron chi connectivity index (χ3n) is 12.2. The van der Waals surface area contributed by atoms with Crippen LogP contribution in [-0.4, -0.2) is 29.1 Å². The van der Waals surface area contributed by atoms with Crippen molar-refractivity contribution in [3.63, 3.8) is 0 Å². The summed E-state index contributed by atoms with van der Waals surface area (Å²) in [6.45, 7) is 11.6. The zero-order valence-electron chi connectivity index (χ0n) is 24.3. The number of carbonyl (C=O) groups is 2. The Labute approximate surface area is 230 Å². The highest BCUT2D eigenvalue weighted by Gasteiger charge is 2.63. The molecule has 4 heteroatoms. The Hall–Kier alpha value is -1.68. The highest BCUT2D eigenvalue weighted by molar-refractivity contribution is 5.89. The molecule has 0 saturated heterocycles. The molecule has 0 amide bonds. The maximum atomic E-state index is 13.3. The number of hydrogen-bond acceptors (Lipinski definition) is 4. The molecule has 4 saturated carbocycles. The van der Waals surface area contributed by atoms with Crippen molar-refractivity contribution in [3.8, 4) is 0 Å². The van der Waals surface area contributed by atoms with E-state index in [0.29, 0.717) is 65.6 Å². The molecule has 0 spiro atoms. The smallest absolute Gasteiger partial charge is 0.338 e. The van der Waals surface area contributed by atoms with E-state index in [9.17, 15) is 14.7 Å². The number of esters is 1. The van der Waals surface area contributed by atoms with Gasteiger partial charge in [0.15, 0.2) is 0 Å². The van der Waals surface area contributed by atoms with Crippen LogP contribution >= 0.6 is 0 Å². The molecule has 0 radical (unpaired) electrons. The second-order valence-electron chi connectivity index (χ2n) is 14.4. The van der Waals surface area contributed by atoms with Gasteiger partial charge in [-0.2, -0.15) is 0 Å². The molecule has 1 N–H and O–H groups in total. The molecule has 0 aromatic heterocycles. The Morgan fingerprint density at radius 2 is 1.71 bits per heavy atom. The van der Waals surface area contributed by atoms with Crippen LogP contribution in [0, 0.1) is 52.3 Å². The Balaban J connectivity index is 1.41. The molecule has 4 fully saturated rings. The number of ether oxygens (including phenoxy) is 1. The van der Waals surface area contributed by atoms with Gasteiger partial charge in [-0.3, -0.25) is 4.79 Å². The average Bonchev–Trinajstić information content (AvgIpc) is 3.25. The first kappa shape index (κ1) is 27.9. The van der Waals surface area contributed by atoms with Crippen molar-refractivity contribution in [2.24, 2.45) is 52.3 Å². The highest BCUT2D eigenvalue weighted by Crippen LogP contribution is 2.68. The van der Waals surface area contributed by atoms with E-state index in [1.54, 1.807) is 0 Å². The number of ketones is 1. The van der Waals surface area contributed by atoms with E-state index in [1.807, 2.05) is 30.3 Å². The molecule has 4 unspecified atom stereocenters. The van der Waals surface area contributed by atoms with Gasteiger partial charge in [-0.15, -0.1) is 0 Å². The standard InChI is InChI=1S/C34H50O4/c1-21(2)29(36)14-11-22(3)26-12-13-27-31-28(16-18-34(26,27)5)33(4)17-15-25(35)19-24(33)20-30(31)38-32(37)23-9-7-6-8-10-23/h6-10,21-22,24,26-31,36H,11-20H2,1-5H3/t22?,24-,26-,27?,28?,29-,30-,31?,33+,34-/m1/s1. The first-order chi connectivity index (χ1) is 18.0. The van der Waals surface area contributed by atoms with E-state index < -0.39 is 0 Å². The number of hydrogen-bond donors (Lipinski definition) is 1. The topological polar surface area (TPSA) is 63.6 Å². The quantitative estimate of drug-likeness (QED) is 0.377. The van der Waals surface area contributed by atoms with E-state index >= 15 is 0 Å². The monoisotopic (exact) mass is 522 g/mol. The third kappa shape index (κ3) is 4.88. The van der Waals surface area contributed by atoms with Gasteiger partial charge in [0.05, 0.1) is 11.7 Å². The van der Waals surface area contributed by atoms with E-state index in [0.717, 1.165) is 25.7 Å². The lowest BCUT2D eigenvalue weighted by Gasteiger charge is -2.62. The molecule has 5 rings (SSSR count). The first-order valence-corrected chi connectivity index (χ1v) is 15.5. The lowest BCUT2D eigenvalue weighted by molar-refractivity contribution is -0.170. The van der Waals surface area contributed by atoms with Crippen LogP contribution in [-0.2, 0) is 9.53 Å². The molecule has 0 bridgehead atoms. The third-order valence-corrected chi connectivity index (χ3v) is 12.2. The molecule has 0 heterocycles. The lowest BCUT2D eigenvalue weighted by Crippen LogP contribution is -2.59. The summed E-state index contributed by atoms with van der Waals surface area (Å²) in [6.07, 6.45) is 9.67. The molecule has 4 aliphatic carbocycles. The predicted molar refractivity (Wildman–Crippen MR) is 150 cm³/mol. The minimum absolute atomic E-state index is 0.113. The number of fused-ring (bicyclic) bond motifs is 5. The SMILES string of the molecule is CC(C)[C@H](O)CCC(C)[C@H]1CCC2C3C(CC[C@@]21C)[C@@]1(C)CCC(=O)C[C@@H]1C[C@H]3OC(=O)c1ccccc1. The van der Waals surface area contributed by atoms with Crippen LogP contribution in [0.5, 0.6) is 0 Å². The van der Waals surface area contributed by atoms with Gasteiger partial charge in [-0.1, -0.05) is 52.8 Å². The fraction of sp³-hybridized carbons (Fsp3) is 0.765. The summed E-state index contributed by atoms with van der Waals surface area (Å²) in [5.41, 5.74) is 1.03. The Kier molecular flexibility index (Phi) is 7.86. The van der Waals surface area contributed by atoms with Crippen molar-refractivity contribution < 1.29 is 19.4 Å². The van der Waals surface area contributed by atoms with Crippen molar-refractivity contribution in [1.82, 2.24) is 0 Å². The minimum atomic E-state index is -0.218. The maximum Gasteiger partial charge on any atom is 0.338 e. The fourth-order valence-corrected chi connectivity index (χ4v) is 9.83. The Morgan fingerprint density at radius 3 is 2.42 bits per heavy atom. The number of aliphatic hydroxyl groups excluding tert-OH is 1. The lowest BCUT2D eigenvalue weighted by atomic mass is 9.43. The molecule has 4 aliphatic rings. The summed E-state index contributed by atoms with van der Waals surface area (Å²) in [5, 5.41) is 10.5. The molecular weight excluding hydrogens is 472 g/mol. The zero-order chi connectivity index (χ0) is 27.2. The summed E-state index contributed by atoms with van der Waals surface area (Å²) in [4.78, 5) is 25.9. The Bertz CT molecular complexity index is 1000. The van der Waals surface area contributed by atoms with E-state index in [2.05, 4.69) is 34.6 Å². The predicted octanol–water partition coefficient (Wildman–Crippen LogP) is 7.48. The summed E-state index contributed by atoms with van der Waals surface area (Å²) in [5.74, 6) is 3.46. The van der Waals surface area contributed by atoms with Gasteiger partial charge in [-0.05, 0) is 110 Å². The van der Waals surface area contributed by atoms with Crippen molar-refractivity contribution in [1.29, 1.82) is 0 Å². The van der Waals surface area contributed by atoms with Crippen molar-refractivity contribution in [2.75, 3.05) is 0 Å². The largest absolute Gasteiger partial charge is 0.458 e. The van der Waals surface area contributed by atoms with Crippen LogP contribution in [0.4, 0.5) is 0 Å². The number of carbonyl (C=O) groups excluding carboxylic acids is 2. The number of benzene rings is 1. The van der Waals surface area contributed by atoms with Crippen LogP contribution in [0.25, 0.3) is 0 Å². The molecule has 1 aromatic carbocycles. The van der Waals surface area contributed by atoms with Crippen molar-refractivity contribution in [2.45, 2.75) is 111 Å². The zero-order valence-corrected chi connectivity index (χ0v) is 24.3. The van der Waals surface area contributed by atoms with Gasteiger partial charge in [-0.25, -0.2) is 4.79 Å². The normalized spacial score (nSPS) is 40.1. The van der Waals surface area contributed by atoms with E-state index in [4.69, 9.17) is 4.74 Å². The van der Waals surface area contributed by atoms with Crippen molar-refractivity contribution >= 4 is 11.8 Å². The minimum Gasteiger partial charge on any atom is -0.458 e. The molecular formula is C34H50O4. The molecule has 1 aromatic rings. The van der Waals surface area contributed by atoms with Crippen LogP contribution in [0.15, 0.2) is 30.3 Å². The molecule has 38 heavy (non-hydrogen) atoms.